The summed E-state index contributed by atoms with van der Waals surface area (Å²) in [6, 6.07) is 1.53. The molecule has 0 atom stereocenters. The third-order valence-corrected chi connectivity index (χ3v) is 2.75. The van der Waals surface area contributed by atoms with E-state index in [1.165, 1.54) is 6.20 Å². The summed E-state index contributed by atoms with van der Waals surface area (Å²) in [5, 5.41) is 6.46. The average Bonchev–Trinajstić information content (AvgIpc) is 2.88. The van der Waals surface area contributed by atoms with Crippen molar-refractivity contribution in [2.24, 2.45) is 0 Å². The first-order chi connectivity index (χ1) is 10.0. The molecule has 0 saturated carbocycles. The van der Waals surface area contributed by atoms with Gasteiger partial charge in [-0.15, -0.1) is 0 Å². The van der Waals surface area contributed by atoms with E-state index in [4.69, 9.17) is 10.5 Å². The van der Waals surface area contributed by atoms with E-state index in [0.29, 0.717) is 24.9 Å². The average molecular weight is 296 g/mol. The number of carbonyl (C=O) groups excluding carboxylic acids is 1. The number of aromatic nitrogens is 2. The number of amides is 1. The van der Waals surface area contributed by atoms with E-state index < -0.39 is 17.5 Å². The summed E-state index contributed by atoms with van der Waals surface area (Å²) in [7, 11) is 1.56. The number of nitrogen functional groups attached to an aromatic ring is 1. The Bertz CT molecular complexity index is 658. The molecule has 3 N–H and O–H groups in total. The van der Waals surface area contributed by atoms with Crippen LogP contribution < -0.4 is 11.1 Å². The number of carbonyl (C=O) groups is 1. The lowest BCUT2D eigenvalue weighted by molar-refractivity contribution is 0.102. The number of ether oxygens (including phenoxy) is 1. The summed E-state index contributed by atoms with van der Waals surface area (Å²) in [5.41, 5.74) is 5.09. The number of hydrogen-bond acceptors (Lipinski definition) is 4. The molecule has 112 valence electrons. The van der Waals surface area contributed by atoms with E-state index >= 15 is 0 Å². The third-order valence-electron chi connectivity index (χ3n) is 2.75. The van der Waals surface area contributed by atoms with Crippen LogP contribution in [-0.4, -0.2) is 29.4 Å². The standard InChI is InChI=1S/C13H14F2N4O2/c1-21-3-2-19-7-8(6-17-19)18-13(20)9-4-12(16)11(15)5-10(9)14/h4-7H,2-3,16H2,1H3,(H,18,20). The van der Waals surface area contributed by atoms with E-state index in [-0.39, 0.29) is 11.3 Å². The molecule has 0 radical (unpaired) electrons. The molecule has 2 aromatic rings. The quantitative estimate of drug-likeness (QED) is 0.822. The molecule has 8 heteroatoms. The van der Waals surface area contributed by atoms with E-state index in [0.717, 1.165) is 6.07 Å². The normalized spacial score (nSPS) is 10.6. The molecule has 0 bridgehead atoms. The Labute approximate surface area is 119 Å². The minimum Gasteiger partial charge on any atom is -0.396 e. The van der Waals surface area contributed by atoms with Crippen LogP contribution in [0.1, 0.15) is 10.4 Å². The van der Waals surface area contributed by atoms with Crippen molar-refractivity contribution in [2.75, 3.05) is 24.8 Å². The molecule has 0 aliphatic rings. The maximum absolute atomic E-state index is 13.6. The van der Waals surface area contributed by atoms with Crippen molar-refractivity contribution in [2.45, 2.75) is 6.54 Å². The third kappa shape index (κ3) is 3.54. The highest BCUT2D eigenvalue weighted by molar-refractivity contribution is 6.04. The number of hydrogen-bond donors (Lipinski definition) is 2. The Morgan fingerprint density at radius 2 is 2.19 bits per heavy atom. The van der Waals surface area contributed by atoms with Crippen molar-refractivity contribution < 1.29 is 18.3 Å². The highest BCUT2D eigenvalue weighted by Gasteiger charge is 2.15. The van der Waals surface area contributed by atoms with E-state index in [1.807, 2.05) is 0 Å². The van der Waals surface area contributed by atoms with Crippen molar-refractivity contribution in [1.82, 2.24) is 9.78 Å². The molecule has 1 aromatic carbocycles. The highest BCUT2D eigenvalue weighted by Crippen LogP contribution is 2.18. The Kier molecular flexibility index (Phi) is 4.49. The van der Waals surface area contributed by atoms with Gasteiger partial charge in [0.15, 0.2) is 0 Å². The number of rotatable bonds is 5. The van der Waals surface area contributed by atoms with Crippen LogP contribution in [0.2, 0.25) is 0 Å². The molecular formula is C13H14F2N4O2. The molecule has 21 heavy (non-hydrogen) atoms. The molecule has 1 aromatic heterocycles. The molecule has 0 spiro atoms. The maximum atomic E-state index is 13.6. The number of benzene rings is 1. The predicted molar refractivity (Wildman–Crippen MR) is 72.8 cm³/mol. The number of anilines is 2. The van der Waals surface area contributed by atoms with Gasteiger partial charge < -0.3 is 15.8 Å². The highest BCUT2D eigenvalue weighted by atomic mass is 19.1. The molecular weight excluding hydrogens is 282 g/mol. The Morgan fingerprint density at radius 3 is 2.90 bits per heavy atom. The van der Waals surface area contributed by atoms with Gasteiger partial charge in [-0.05, 0) is 6.07 Å². The van der Waals surface area contributed by atoms with Gasteiger partial charge >= 0.3 is 0 Å². The molecule has 0 aliphatic carbocycles. The summed E-state index contributed by atoms with van der Waals surface area (Å²) < 4.78 is 33.1. The Hall–Kier alpha value is -2.48. The van der Waals surface area contributed by atoms with Crippen LogP contribution in [-0.2, 0) is 11.3 Å². The lowest BCUT2D eigenvalue weighted by atomic mass is 10.1. The predicted octanol–water partition coefficient (Wildman–Crippen LogP) is 1.64. The number of halogens is 2. The van der Waals surface area contributed by atoms with Crippen LogP contribution in [0.5, 0.6) is 0 Å². The summed E-state index contributed by atoms with van der Waals surface area (Å²) in [4.78, 5) is 11.9. The van der Waals surface area contributed by atoms with Crippen molar-refractivity contribution in [1.29, 1.82) is 0 Å². The van der Waals surface area contributed by atoms with Gasteiger partial charge in [0.25, 0.3) is 5.91 Å². The molecule has 0 saturated heterocycles. The van der Waals surface area contributed by atoms with Crippen LogP contribution in [0.3, 0.4) is 0 Å². The van der Waals surface area contributed by atoms with Gasteiger partial charge in [-0.1, -0.05) is 0 Å². The minimum absolute atomic E-state index is 0.294. The van der Waals surface area contributed by atoms with Crippen LogP contribution >= 0.6 is 0 Å². The first kappa shape index (κ1) is 14.9. The zero-order chi connectivity index (χ0) is 15.4. The molecule has 1 heterocycles. The van der Waals surface area contributed by atoms with Crippen LogP contribution in [0.25, 0.3) is 0 Å². The minimum atomic E-state index is -0.981. The van der Waals surface area contributed by atoms with Crippen LogP contribution in [0.15, 0.2) is 24.5 Å². The molecule has 2 rings (SSSR count). The maximum Gasteiger partial charge on any atom is 0.258 e. The summed E-state index contributed by atoms with van der Waals surface area (Å²) in [6.45, 7) is 0.989. The number of nitrogens with two attached hydrogens (primary N) is 1. The second-order valence-corrected chi connectivity index (χ2v) is 4.29. The fraction of sp³-hybridized carbons (Fsp3) is 0.231. The Balaban J connectivity index is 2.11. The van der Waals surface area contributed by atoms with Gasteiger partial charge in [-0.2, -0.15) is 5.10 Å². The first-order valence-corrected chi connectivity index (χ1v) is 6.08. The summed E-state index contributed by atoms with van der Waals surface area (Å²) in [5.74, 6) is -2.62. The zero-order valence-corrected chi connectivity index (χ0v) is 11.3. The van der Waals surface area contributed by atoms with Crippen LogP contribution in [0, 0.1) is 11.6 Å². The second kappa shape index (κ2) is 6.31. The van der Waals surface area contributed by atoms with Crippen molar-refractivity contribution in [3.63, 3.8) is 0 Å². The molecule has 0 unspecified atom stereocenters. The van der Waals surface area contributed by atoms with Crippen LogP contribution in [0.4, 0.5) is 20.2 Å². The zero-order valence-electron chi connectivity index (χ0n) is 11.3. The molecule has 0 aliphatic heterocycles. The molecule has 0 fully saturated rings. The fourth-order valence-corrected chi connectivity index (χ4v) is 1.67. The van der Waals surface area contributed by atoms with Gasteiger partial charge in [0.1, 0.15) is 11.6 Å². The SMILES string of the molecule is COCCn1cc(NC(=O)c2cc(N)c(F)cc2F)cn1. The van der Waals surface area contributed by atoms with E-state index in [1.54, 1.807) is 18.0 Å². The van der Waals surface area contributed by atoms with Crippen molar-refractivity contribution in [3.05, 3.63) is 41.7 Å². The fourth-order valence-electron chi connectivity index (χ4n) is 1.67. The summed E-state index contributed by atoms with van der Waals surface area (Å²) in [6.07, 6.45) is 2.99. The van der Waals surface area contributed by atoms with Gasteiger partial charge in [0, 0.05) is 19.4 Å². The second-order valence-electron chi connectivity index (χ2n) is 4.29. The largest absolute Gasteiger partial charge is 0.396 e. The lowest BCUT2D eigenvalue weighted by Gasteiger charge is -2.05. The van der Waals surface area contributed by atoms with Gasteiger partial charge in [0.2, 0.25) is 0 Å². The smallest absolute Gasteiger partial charge is 0.258 e. The number of methoxy groups -OCH3 is 1. The van der Waals surface area contributed by atoms with E-state index in [2.05, 4.69) is 10.4 Å². The van der Waals surface area contributed by atoms with Gasteiger partial charge in [-0.3, -0.25) is 9.48 Å². The number of nitrogens with zero attached hydrogens (tertiary/aromatic N) is 2. The monoisotopic (exact) mass is 296 g/mol. The molecule has 1 amide bonds. The topological polar surface area (TPSA) is 82.2 Å². The first-order valence-electron chi connectivity index (χ1n) is 6.08. The Morgan fingerprint density at radius 1 is 1.43 bits per heavy atom. The lowest BCUT2D eigenvalue weighted by Crippen LogP contribution is -2.14. The summed E-state index contributed by atoms with van der Waals surface area (Å²) >= 11 is 0. The molecule has 6 nitrogen and oxygen atoms in total. The van der Waals surface area contributed by atoms with Crippen molar-refractivity contribution >= 4 is 17.3 Å². The van der Waals surface area contributed by atoms with Gasteiger partial charge in [-0.25, -0.2) is 8.78 Å². The van der Waals surface area contributed by atoms with E-state index in [9.17, 15) is 13.6 Å². The number of nitrogens with one attached hydrogen (secondary N) is 1. The van der Waals surface area contributed by atoms with Crippen molar-refractivity contribution in [3.8, 4) is 0 Å². The van der Waals surface area contributed by atoms with Gasteiger partial charge in [0.05, 0.1) is 36.3 Å².